The third-order valence-corrected chi connectivity index (χ3v) is 7.47. The molecule has 4 rings (SSSR count). The van der Waals surface area contributed by atoms with E-state index in [1.807, 2.05) is 0 Å². The molecule has 0 saturated carbocycles. The maximum atomic E-state index is 10.1. The average Bonchev–Trinajstić information content (AvgIpc) is 2.78. The van der Waals surface area contributed by atoms with E-state index in [1.54, 1.807) is 0 Å². The van der Waals surface area contributed by atoms with Crippen LogP contribution in [0.1, 0.15) is 82.1 Å². The molecule has 168 valence electrons. The molecular weight excluding hydrogens is 400 g/mol. The Labute approximate surface area is 199 Å². The van der Waals surface area contributed by atoms with E-state index in [2.05, 4.69) is 114 Å². The second kappa shape index (κ2) is 8.35. The molecule has 0 spiro atoms. The highest BCUT2D eigenvalue weighted by atomic mass is 14.5. The highest BCUT2D eigenvalue weighted by molar-refractivity contribution is 5.48. The summed E-state index contributed by atoms with van der Waals surface area (Å²) in [5.41, 5.74) is 6.88. The SMILES string of the molecule is CC(C)(C)c1ccc([C@@H]2C=C(C#N)[C@H]3C[C@@H]2C(C#N)=C[C@H]3c2ccc(C(C)(C)C)cc2)cc1. The zero-order valence-corrected chi connectivity index (χ0v) is 20.7. The summed E-state index contributed by atoms with van der Waals surface area (Å²) in [6.45, 7) is 13.3. The minimum absolute atomic E-state index is 0.0695. The molecule has 0 amide bonds. The molecule has 2 heteroatoms. The van der Waals surface area contributed by atoms with Crippen LogP contribution in [0.3, 0.4) is 0 Å². The molecule has 4 atom stereocenters. The van der Waals surface area contributed by atoms with E-state index in [4.69, 9.17) is 0 Å². The van der Waals surface area contributed by atoms with E-state index in [0.29, 0.717) is 0 Å². The van der Waals surface area contributed by atoms with Gasteiger partial charge in [-0.15, -0.1) is 0 Å². The molecule has 0 fully saturated rings. The second-order valence-corrected chi connectivity index (χ2v) is 11.7. The highest BCUT2D eigenvalue weighted by Gasteiger charge is 2.41. The van der Waals surface area contributed by atoms with E-state index in [1.165, 1.54) is 22.3 Å². The topological polar surface area (TPSA) is 47.6 Å². The summed E-state index contributed by atoms with van der Waals surface area (Å²) in [5, 5.41) is 20.1. The molecule has 0 aromatic heterocycles. The Kier molecular flexibility index (Phi) is 5.84. The Morgan fingerprint density at radius 2 is 0.939 bits per heavy atom. The molecule has 0 heterocycles. The van der Waals surface area contributed by atoms with Gasteiger partial charge in [-0.05, 0) is 39.5 Å². The number of nitrogens with zero attached hydrogens (tertiary/aromatic N) is 2. The molecule has 2 aliphatic rings. The van der Waals surface area contributed by atoms with Gasteiger partial charge in [-0.25, -0.2) is 0 Å². The van der Waals surface area contributed by atoms with E-state index in [9.17, 15) is 10.5 Å². The van der Waals surface area contributed by atoms with Crippen molar-refractivity contribution in [3.63, 3.8) is 0 Å². The van der Waals surface area contributed by atoms with E-state index in [-0.39, 0.29) is 34.5 Å². The summed E-state index contributed by atoms with van der Waals surface area (Å²) < 4.78 is 0. The van der Waals surface area contributed by atoms with Crippen molar-refractivity contribution in [2.75, 3.05) is 0 Å². The van der Waals surface area contributed by atoms with Gasteiger partial charge in [0, 0.05) is 34.8 Å². The zero-order valence-electron chi connectivity index (χ0n) is 20.7. The molecule has 2 aromatic rings. The Hall–Kier alpha value is -3.10. The van der Waals surface area contributed by atoms with Gasteiger partial charge in [-0.2, -0.15) is 10.5 Å². The monoisotopic (exact) mass is 434 g/mol. The van der Waals surface area contributed by atoms with Gasteiger partial charge in [-0.1, -0.05) is 102 Å². The van der Waals surface area contributed by atoms with Gasteiger partial charge in [0.05, 0.1) is 12.1 Å². The van der Waals surface area contributed by atoms with Gasteiger partial charge in [0.2, 0.25) is 0 Å². The number of allylic oxidation sites excluding steroid dienone is 4. The van der Waals surface area contributed by atoms with Crippen LogP contribution in [-0.4, -0.2) is 0 Å². The van der Waals surface area contributed by atoms with E-state index in [0.717, 1.165) is 17.6 Å². The Morgan fingerprint density at radius 1 is 0.606 bits per heavy atom. The van der Waals surface area contributed by atoms with Gasteiger partial charge in [0.15, 0.2) is 0 Å². The van der Waals surface area contributed by atoms with Crippen molar-refractivity contribution in [2.45, 2.75) is 70.6 Å². The Balaban J connectivity index is 1.71. The first-order valence-electron chi connectivity index (χ1n) is 12.0. The summed E-state index contributed by atoms with van der Waals surface area (Å²) >= 11 is 0. The molecule has 0 aliphatic heterocycles. The van der Waals surface area contributed by atoms with Crippen molar-refractivity contribution in [1.82, 2.24) is 0 Å². The smallest absolute Gasteiger partial charge is 0.0947 e. The minimum Gasteiger partial charge on any atom is -0.193 e. The molecule has 0 unspecified atom stereocenters. The highest BCUT2D eigenvalue weighted by Crippen LogP contribution is 2.51. The van der Waals surface area contributed by atoms with Gasteiger partial charge < -0.3 is 0 Å². The largest absolute Gasteiger partial charge is 0.193 e. The minimum atomic E-state index is 0.0695. The van der Waals surface area contributed by atoms with Crippen LogP contribution >= 0.6 is 0 Å². The van der Waals surface area contributed by atoms with Crippen molar-refractivity contribution >= 4 is 0 Å². The van der Waals surface area contributed by atoms with Crippen LogP contribution in [0.2, 0.25) is 0 Å². The summed E-state index contributed by atoms with van der Waals surface area (Å²) in [5.74, 6) is 0.394. The molecule has 2 aliphatic carbocycles. The van der Waals surface area contributed by atoms with Crippen LogP contribution in [-0.2, 0) is 10.8 Å². The van der Waals surface area contributed by atoms with Crippen LogP contribution in [0.25, 0.3) is 0 Å². The van der Waals surface area contributed by atoms with Crippen molar-refractivity contribution < 1.29 is 0 Å². The van der Waals surface area contributed by atoms with E-state index >= 15 is 0 Å². The van der Waals surface area contributed by atoms with Crippen LogP contribution in [0.4, 0.5) is 0 Å². The lowest BCUT2D eigenvalue weighted by molar-refractivity contribution is 0.357. The van der Waals surface area contributed by atoms with Crippen molar-refractivity contribution in [1.29, 1.82) is 10.5 Å². The summed E-state index contributed by atoms with van der Waals surface area (Å²) in [7, 11) is 0. The van der Waals surface area contributed by atoms with E-state index < -0.39 is 0 Å². The van der Waals surface area contributed by atoms with Crippen molar-refractivity contribution in [3.05, 3.63) is 94.1 Å². The number of rotatable bonds is 2. The number of hydrogen-bond donors (Lipinski definition) is 0. The third-order valence-electron chi connectivity index (χ3n) is 7.47. The van der Waals surface area contributed by atoms with Crippen molar-refractivity contribution in [3.8, 4) is 12.1 Å². The van der Waals surface area contributed by atoms with Crippen LogP contribution in [0.5, 0.6) is 0 Å². The van der Waals surface area contributed by atoms with Gasteiger partial charge in [0.25, 0.3) is 0 Å². The number of hydrogen-bond acceptors (Lipinski definition) is 2. The van der Waals surface area contributed by atoms with Gasteiger partial charge in [-0.3, -0.25) is 0 Å². The maximum absolute atomic E-state index is 10.1. The average molecular weight is 435 g/mol. The van der Waals surface area contributed by atoms with Crippen molar-refractivity contribution in [2.24, 2.45) is 11.8 Å². The molecule has 2 aromatic carbocycles. The third kappa shape index (κ3) is 4.41. The summed E-state index contributed by atoms with van der Waals surface area (Å²) in [6, 6.07) is 22.5. The molecule has 0 saturated heterocycles. The normalized spacial score (nSPS) is 24.8. The molecule has 0 N–H and O–H groups in total. The van der Waals surface area contributed by atoms with Crippen LogP contribution in [0, 0.1) is 34.5 Å². The molecular formula is C31H34N2. The fraction of sp³-hybridized carbons (Fsp3) is 0.419. The Morgan fingerprint density at radius 3 is 1.21 bits per heavy atom. The lowest BCUT2D eigenvalue weighted by Crippen LogP contribution is -2.31. The fourth-order valence-electron chi connectivity index (χ4n) is 5.38. The number of fused-ring (bicyclic) bond motifs is 2. The standard InChI is InChI=1S/C31H34N2/c1-30(2,3)24-11-7-20(8-12-24)26-15-22(18-32)29-17-28(26)23(19-33)16-27(29)21-9-13-25(14-10-21)31(4,5)6/h7-16,26-29H,17H2,1-6H3/t26-,27-,28+,29+/m0/s1. The van der Waals surface area contributed by atoms with Crippen LogP contribution < -0.4 is 0 Å². The summed E-state index contributed by atoms with van der Waals surface area (Å²) in [6.07, 6.45) is 5.13. The quantitative estimate of drug-likeness (QED) is 0.486. The first kappa shape index (κ1) is 23.1. The maximum Gasteiger partial charge on any atom is 0.0947 e. The van der Waals surface area contributed by atoms with Gasteiger partial charge in [0.1, 0.15) is 0 Å². The molecule has 2 bridgehead atoms. The fourth-order valence-corrected chi connectivity index (χ4v) is 5.38. The molecule has 0 radical (unpaired) electrons. The first-order valence-corrected chi connectivity index (χ1v) is 12.0. The predicted molar refractivity (Wildman–Crippen MR) is 135 cm³/mol. The first-order chi connectivity index (χ1) is 15.5. The number of benzene rings is 2. The lowest BCUT2D eigenvalue weighted by atomic mass is 9.61. The van der Waals surface area contributed by atoms with Crippen LogP contribution in [0.15, 0.2) is 71.8 Å². The molecule has 33 heavy (non-hydrogen) atoms. The second-order valence-electron chi connectivity index (χ2n) is 11.7. The summed E-state index contributed by atoms with van der Waals surface area (Å²) in [4.78, 5) is 0. The molecule has 2 nitrogen and oxygen atoms in total. The predicted octanol–water partition coefficient (Wildman–Crippen LogP) is 7.70. The Bertz CT molecular complexity index is 1070. The number of nitriles is 2. The van der Waals surface area contributed by atoms with Gasteiger partial charge >= 0.3 is 0 Å². The lowest BCUT2D eigenvalue weighted by Gasteiger charge is -2.41. The zero-order chi connectivity index (χ0) is 24.0.